The second kappa shape index (κ2) is 4.72. The molecule has 1 unspecified atom stereocenters. The summed E-state index contributed by atoms with van der Waals surface area (Å²) >= 11 is 0. The molecule has 0 saturated carbocycles. The molecule has 1 aromatic rings. The van der Waals surface area contributed by atoms with Gasteiger partial charge in [0.1, 0.15) is 6.04 Å². The number of amides is 3. The van der Waals surface area contributed by atoms with Gasteiger partial charge in [-0.25, -0.2) is 0 Å². The summed E-state index contributed by atoms with van der Waals surface area (Å²) in [4.78, 5) is 37.4. The first-order valence-electron chi connectivity index (χ1n) is 6.72. The van der Waals surface area contributed by atoms with Crippen molar-refractivity contribution in [2.24, 2.45) is 0 Å². The van der Waals surface area contributed by atoms with Crippen LogP contribution in [0.5, 0.6) is 0 Å². The molecule has 21 heavy (non-hydrogen) atoms. The smallest absolute Gasteiger partial charge is 0.260 e. The molecule has 0 aromatic heterocycles. The maximum absolute atomic E-state index is 12.7. The fraction of sp³-hybridized carbons (Fsp3) is 0.250. The Hall–Kier alpha value is -2.65. The molecule has 3 rings (SSSR count). The number of piperidine rings is 1. The minimum Gasteiger partial charge on any atom is -0.295 e. The lowest BCUT2D eigenvalue weighted by molar-refractivity contribution is -0.136. The molecule has 0 aliphatic carbocycles. The molecular formula is C16H14N2O3. The molecule has 106 valence electrons. The predicted molar refractivity (Wildman–Crippen MR) is 76.1 cm³/mol. The average Bonchev–Trinajstić information content (AvgIpc) is 2.73. The van der Waals surface area contributed by atoms with Crippen molar-refractivity contribution in [3.8, 4) is 0 Å². The van der Waals surface area contributed by atoms with Crippen molar-refractivity contribution in [1.82, 2.24) is 10.2 Å². The van der Waals surface area contributed by atoms with Crippen molar-refractivity contribution in [2.45, 2.75) is 25.8 Å². The third-order valence-corrected chi connectivity index (χ3v) is 3.89. The zero-order valence-electron chi connectivity index (χ0n) is 11.6. The number of carbonyl (C=O) groups excluding carboxylic acids is 3. The molecule has 1 N–H and O–H groups in total. The third-order valence-electron chi connectivity index (χ3n) is 3.89. The molecule has 1 saturated heterocycles. The fourth-order valence-electron chi connectivity index (χ4n) is 2.91. The van der Waals surface area contributed by atoms with E-state index in [1.807, 2.05) is 25.1 Å². The van der Waals surface area contributed by atoms with Crippen LogP contribution >= 0.6 is 0 Å². The highest BCUT2D eigenvalue weighted by molar-refractivity contribution is 6.13. The largest absolute Gasteiger partial charge is 0.295 e. The van der Waals surface area contributed by atoms with E-state index in [2.05, 4.69) is 17.6 Å². The maximum atomic E-state index is 12.7. The van der Waals surface area contributed by atoms with Gasteiger partial charge in [-0.1, -0.05) is 24.8 Å². The lowest BCUT2D eigenvalue weighted by Gasteiger charge is -2.29. The summed E-state index contributed by atoms with van der Waals surface area (Å²) in [6.07, 6.45) is 0.536. The summed E-state index contributed by atoms with van der Waals surface area (Å²) in [6, 6.07) is 4.84. The number of fused-ring (bicyclic) bond motifs is 1. The Morgan fingerprint density at radius 3 is 2.76 bits per heavy atom. The van der Waals surface area contributed by atoms with E-state index >= 15 is 0 Å². The number of imide groups is 1. The van der Waals surface area contributed by atoms with Crippen molar-refractivity contribution in [3.05, 3.63) is 47.2 Å². The van der Waals surface area contributed by atoms with E-state index in [0.717, 1.165) is 11.1 Å². The van der Waals surface area contributed by atoms with E-state index in [1.165, 1.54) is 4.90 Å². The molecule has 2 aliphatic rings. The minimum atomic E-state index is -0.689. The van der Waals surface area contributed by atoms with Crippen LogP contribution in [-0.2, 0) is 9.59 Å². The van der Waals surface area contributed by atoms with Crippen LogP contribution in [0.2, 0.25) is 0 Å². The van der Waals surface area contributed by atoms with Crippen LogP contribution in [0.4, 0.5) is 0 Å². The Labute approximate surface area is 121 Å². The molecular weight excluding hydrogens is 268 g/mol. The van der Waals surface area contributed by atoms with Gasteiger partial charge >= 0.3 is 0 Å². The number of nitrogens with one attached hydrogen (secondary N) is 1. The van der Waals surface area contributed by atoms with E-state index in [-0.39, 0.29) is 18.2 Å². The number of aryl methyl sites for hydroxylation is 1. The zero-order chi connectivity index (χ0) is 15.1. The molecule has 5 heteroatoms. The number of nitrogens with zero attached hydrogens (tertiary/aromatic N) is 1. The monoisotopic (exact) mass is 282 g/mol. The normalized spacial score (nSPS) is 21.2. The highest BCUT2D eigenvalue weighted by atomic mass is 16.2. The molecule has 3 amide bonds. The Morgan fingerprint density at radius 1 is 1.33 bits per heavy atom. The van der Waals surface area contributed by atoms with Crippen LogP contribution < -0.4 is 5.32 Å². The second-order valence-corrected chi connectivity index (χ2v) is 5.16. The van der Waals surface area contributed by atoms with E-state index in [4.69, 9.17) is 0 Å². The lowest BCUT2D eigenvalue weighted by atomic mass is 10.0. The van der Waals surface area contributed by atoms with E-state index in [9.17, 15) is 14.4 Å². The van der Waals surface area contributed by atoms with Crippen molar-refractivity contribution in [1.29, 1.82) is 0 Å². The van der Waals surface area contributed by atoms with Crippen molar-refractivity contribution < 1.29 is 14.4 Å². The van der Waals surface area contributed by atoms with Gasteiger partial charge in [0.05, 0.1) is 11.3 Å². The standard InChI is InChI=1S/C16H14N2O3/c1-3-11-10-6-4-5-9(2)14(10)16(21)18(11)12-7-8-13(19)17-15(12)20/h4-6,12H,1,7-8H2,2H3,(H,17,19,20). The van der Waals surface area contributed by atoms with Crippen molar-refractivity contribution >= 4 is 23.4 Å². The SMILES string of the molecule is C=C=C1c2cccc(C)c2C(=O)N1C1CCC(=O)NC1=O. The minimum absolute atomic E-state index is 0.222. The van der Waals surface area contributed by atoms with E-state index in [0.29, 0.717) is 17.7 Å². The van der Waals surface area contributed by atoms with Crippen molar-refractivity contribution in [3.63, 3.8) is 0 Å². The van der Waals surface area contributed by atoms with Crippen LogP contribution in [0.1, 0.15) is 34.3 Å². The van der Waals surface area contributed by atoms with Gasteiger partial charge in [-0.2, -0.15) is 0 Å². The first-order chi connectivity index (χ1) is 10.0. The van der Waals surface area contributed by atoms with Gasteiger partial charge in [-0.05, 0) is 18.9 Å². The molecule has 1 aromatic carbocycles. The van der Waals surface area contributed by atoms with Gasteiger partial charge < -0.3 is 0 Å². The molecule has 1 fully saturated rings. The van der Waals surface area contributed by atoms with Crippen molar-refractivity contribution in [2.75, 3.05) is 0 Å². The van der Waals surface area contributed by atoms with Gasteiger partial charge in [0.25, 0.3) is 5.91 Å². The molecule has 2 heterocycles. The Morgan fingerprint density at radius 2 is 2.10 bits per heavy atom. The van der Waals surface area contributed by atoms with Gasteiger partial charge in [0, 0.05) is 12.0 Å². The number of benzene rings is 1. The molecule has 0 spiro atoms. The summed E-state index contributed by atoms with van der Waals surface area (Å²) < 4.78 is 0. The number of hydrogen-bond donors (Lipinski definition) is 1. The lowest BCUT2D eigenvalue weighted by Crippen LogP contribution is -2.52. The van der Waals surface area contributed by atoms with Crippen LogP contribution in [-0.4, -0.2) is 28.7 Å². The highest BCUT2D eigenvalue weighted by Crippen LogP contribution is 2.36. The summed E-state index contributed by atoms with van der Waals surface area (Å²) in [6.45, 7) is 5.49. The zero-order valence-corrected chi connectivity index (χ0v) is 11.6. The van der Waals surface area contributed by atoms with Crippen LogP contribution in [0.3, 0.4) is 0 Å². The molecule has 1 atom stereocenters. The van der Waals surface area contributed by atoms with Crippen LogP contribution in [0.15, 0.2) is 30.5 Å². The van der Waals surface area contributed by atoms with E-state index in [1.54, 1.807) is 0 Å². The summed E-state index contributed by atoms with van der Waals surface area (Å²) in [5.41, 5.74) is 5.43. The third kappa shape index (κ3) is 1.90. The van der Waals surface area contributed by atoms with E-state index < -0.39 is 11.9 Å². The van der Waals surface area contributed by atoms with Gasteiger partial charge in [-0.15, -0.1) is 5.73 Å². The second-order valence-electron chi connectivity index (χ2n) is 5.16. The number of rotatable bonds is 1. The number of carbonyl (C=O) groups is 3. The highest BCUT2D eigenvalue weighted by Gasteiger charge is 2.42. The quantitative estimate of drug-likeness (QED) is 0.625. The average molecular weight is 282 g/mol. The first-order valence-corrected chi connectivity index (χ1v) is 6.72. The maximum Gasteiger partial charge on any atom is 0.260 e. The Balaban J connectivity index is 2.08. The van der Waals surface area contributed by atoms with Gasteiger partial charge in [0.15, 0.2) is 0 Å². The fourth-order valence-corrected chi connectivity index (χ4v) is 2.91. The van der Waals surface area contributed by atoms with Gasteiger partial charge in [0.2, 0.25) is 11.8 Å². The summed E-state index contributed by atoms with van der Waals surface area (Å²) in [5, 5.41) is 2.28. The molecule has 2 aliphatic heterocycles. The summed E-state index contributed by atoms with van der Waals surface area (Å²) in [5.74, 6) is -0.984. The summed E-state index contributed by atoms with van der Waals surface area (Å²) in [7, 11) is 0. The van der Waals surface area contributed by atoms with Crippen LogP contribution in [0.25, 0.3) is 5.70 Å². The Kier molecular flexibility index (Phi) is 3.00. The molecule has 5 nitrogen and oxygen atoms in total. The molecule has 0 bridgehead atoms. The molecule has 0 radical (unpaired) electrons. The number of hydrogen-bond acceptors (Lipinski definition) is 3. The van der Waals surface area contributed by atoms with Gasteiger partial charge in [-0.3, -0.25) is 24.6 Å². The first kappa shape index (κ1) is 13.3. The predicted octanol–water partition coefficient (Wildman–Crippen LogP) is 1.38. The van der Waals surface area contributed by atoms with Crippen LogP contribution in [0, 0.1) is 6.92 Å². The topological polar surface area (TPSA) is 66.5 Å². The Bertz CT molecular complexity index is 729.